The van der Waals surface area contributed by atoms with E-state index in [0.717, 1.165) is 43.1 Å². The molecule has 0 unspecified atom stereocenters. The third-order valence-electron chi connectivity index (χ3n) is 3.67. The monoisotopic (exact) mass is 295 g/mol. The second kappa shape index (κ2) is 7.04. The SMILES string of the molecule is Cc1nn(-c2ccccc2)cc1CCCNCc1ncc[nH]1. The van der Waals surface area contributed by atoms with Crippen molar-refractivity contribution in [3.8, 4) is 5.69 Å². The molecule has 0 atom stereocenters. The van der Waals surface area contributed by atoms with E-state index in [1.165, 1.54) is 5.56 Å². The van der Waals surface area contributed by atoms with E-state index in [9.17, 15) is 0 Å². The number of aromatic nitrogens is 4. The standard InChI is InChI=1S/C17H21N5/c1-14-15(6-5-9-18-12-17-19-10-11-20-17)13-22(21-14)16-7-3-2-4-8-16/h2-4,7-8,10-11,13,18H,5-6,9,12H2,1H3,(H,19,20). The molecule has 5 heteroatoms. The highest BCUT2D eigenvalue weighted by Crippen LogP contribution is 2.13. The van der Waals surface area contributed by atoms with Gasteiger partial charge >= 0.3 is 0 Å². The minimum absolute atomic E-state index is 0.787. The van der Waals surface area contributed by atoms with Crippen LogP contribution in [0, 0.1) is 6.92 Å². The van der Waals surface area contributed by atoms with E-state index in [0.29, 0.717) is 0 Å². The van der Waals surface area contributed by atoms with E-state index in [1.54, 1.807) is 6.20 Å². The maximum atomic E-state index is 4.60. The van der Waals surface area contributed by atoms with Gasteiger partial charge in [0.25, 0.3) is 0 Å². The number of hydrogen-bond acceptors (Lipinski definition) is 3. The molecule has 0 aliphatic heterocycles. The third kappa shape index (κ3) is 3.62. The van der Waals surface area contributed by atoms with Crippen molar-refractivity contribution < 1.29 is 0 Å². The Labute approximate surface area is 130 Å². The van der Waals surface area contributed by atoms with Crippen molar-refractivity contribution in [2.75, 3.05) is 6.54 Å². The Morgan fingerprint density at radius 2 is 2.09 bits per heavy atom. The van der Waals surface area contributed by atoms with Gasteiger partial charge in [-0.25, -0.2) is 9.67 Å². The van der Waals surface area contributed by atoms with Gasteiger partial charge in [-0.2, -0.15) is 5.10 Å². The summed E-state index contributed by atoms with van der Waals surface area (Å²) in [6.45, 7) is 3.83. The van der Waals surface area contributed by atoms with Gasteiger partial charge in [0.15, 0.2) is 0 Å². The molecule has 0 aliphatic rings. The number of H-pyrrole nitrogens is 1. The lowest BCUT2D eigenvalue weighted by Gasteiger charge is -2.02. The molecule has 2 N–H and O–H groups in total. The molecule has 0 amide bonds. The quantitative estimate of drug-likeness (QED) is 0.659. The van der Waals surface area contributed by atoms with E-state index in [1.807, 2.05) is 29.1 Å². The van der Waals surface area contributed by atoms with E-state index in [-0.39, 0.29) is 0 Å². The van der Waals surface area contributed by atoms with Gasteiger partial charge in [0.1, 0.15) is 5.82 Å². The van der Waals surface area contributed by atoms with Crippen LogP contribution in [0.4, 0.5) is 0 Å². The van der Waals surface area contributed by atoms with Gasteiger partial charge < -0.3 is 10.3 Å². The van der Waals surface area contributed by atoms with Crippen LogP contribution >= 0.6 is 0 Å². The molecule has 3 rings (SSSR count). The number of nitrogens with one attached hydrogen (secondary N) is 2. The predicted octanol–water partition coefficient (Wildman–Crippen LogP) is 2.63. The Balaban J connectivity index is 1.49. The molecular formula is C17H21N5. The second-order valence-corrected chi connectivity index (χ2v) is 5.34. The van der Waals surface area contributed by atoms with Gasteiger partial charge in [-0.05, 0) is 44.0 Å². The first-order valence-electron chi connectivity index (χ1n) is 7.62. The summed E-state index contributed by atoms with van der Waals surface area (Å²) in [7, 11) is 0. The van der Waals surface area contributed by atoms with E-state index >= 15 is 0 Å². The Morgan fingerprint density at radius 3 is 2.86 bits per heavy atom. The summed E-state index contributed by atoms with van der Waals surface area (Å²) in [5, 5.41) is 8.00. The zero-order valence-corrected chi connectivity index (χ0v) is 12.8. The zero-order chi connectivity index (χ0) is 15.2. The van der Waals surface area contributed by atoms with Crippen LogP contribution in [0.2, 0.25) is 0 Å². The highest BCUT2D eigenvalue weighted by Gasteiger charge is 2.06. The largest absolute Gasteiger partial charge is 0.348 e. The summed E-state index contributed by atoms with van der Waals surface area (Å²) in [4.78, 5) is 7.28. The fourth-order valence-electron chi connectivity index (χ4n) is 2.46. The number of hydrogen-bond donors (Lipinski definition) is 2. The van der Waals surface area contributed by atoms with E-state index in [4.69, 9.17) is 0 Å². The van der Waals surface area contributed by atoms with Gasteiger partial charge in [-0.1, -0.05) is 18.2 Å². The number of benzene rings is 1. The van der Waals surface area contributed by atoms with Crippen molar-refractivity contribution in [2.24, 2.45) is 0 Å². The van der Waals surface area contributed by atoms with E-state index in [2.05, 4.69) is 45.6 Å². The number of nitrogens with zero attached hydrogens (tertiary/aromatic N) is 3. The number of aromatic amines is 1. The van der Waals surface area contributed by atoms with Crippen LogP contribution in [-0.4, -0.2) is 26.3 Å². The van der Waals surface area contributed by atoms with Gasteiger partial charge in [0.2, 0.25) is 0 Å². The van der Waals surface area contributed by atoms with E-state index < -0.39 is 0 Å². The Kier molecular flexibility index (Phi) is 4.65. The smallest absolute Gasteiger partial charge is 0.120 e. The topological polar surface area (TPSA) is 58.5 Å². The fourth-order valence-corrected chi connectivity index (χ4v) is 2.46. The first-order chi connectivity index (χ1) is 10.8. The summed E-state index contributed by atoms with van der Waals surface area (Å²) in [6.07, 6.45) is 7.87. The minimum Gasteiger partial charge on any atom is -0.348 e. The maximum Gasteiger partial charge on any atom is 0.120 e. The summed E-state index contributed by atoms with van der Waals surface area (Å²) >= 11 is 0. The third-order valence-corrected chi connectivity index (χ3v) is 3.67. The predicted molar refractivity (Wildman–Crippen MR) is 86.9 cm³/mol. The lowest BCUT2D eigenvalue weighted by atomic mass is 10.1. The summed E-state index contributed by atoms with van der Waals surface area (Å²) in [5.41, 5.74) is 3.52. The van der Waals surface area contributed by atoms with Crippen LogP contribution in [-0.2, 0) is 13.0 Å². The van der Waals surface area contributed by atoms with Crippen molar-refractivity contribution in [1.82, 2.24) is 25.1 Å². The van der Waals surface area contributed by atoms with Gasteiger partial charge in [-0.3, -0.25) is 0 Å². The van der Waals surface area contributed by atoms with Crippen LogP contribution in [0.15, 0.2) is 48.9 Å². The van der Waals surface area contributed by atoms with Crippen molar-refractivity contribution >= 4 is 0 Å². The van der Waals surface area contributed by atoms with Gasteiger partial charge in [0.05, 0.1) is 17.9 Å². The molecule has 1 aromatic carbocycles. The van der Waals surface area contributed by atoms with Crippen LogP contribution in [0.1, 0.15) is 23.5 Å². The Morgan fingerprint density at radius 1 is 1.23 bits per heavy atom. The summed E-state index contributed by atoms with van der Waals surface area (Å²) in [6, 6.07) is 10.2. The zero-order valence-electron chi connectivity index (χ0n) is 12.8. The summed E-state index contributed by atoms with van der Waals surface area (Å²) in [5.74, 6) is 0.980. The first kappa shape index (κ1) is 14.5. The van der Waals surface area contributed by atoms with Crippen LogP contribution in [0.5, 0.6) is 0 Å². The molecule has 0 spiro atoms. The molecule has 22 heavy (non-hydrogen) atoms. The van der Waals surface area contributed by atoms with Crippen molar-refractivity contribution in [3.05, 3.63) is 66.0 Å². The molecule has 2 aromatic heterocycles. The lowest BCUT2D eigenvalue weighted by molar-refractivity contribution is 0.632. The lowest BCUT2D eigenvalue weighted by Crippen LogP contribution is -2.16. The molecule has 0 saturated heterocycles. The molecule has 2 heterocycles. The number of imidazole rings is 1. The highest BCUT2D eigenvalue weighted by molar-refractivity contribution is 5.32. The first-order valence-corrected chi connectivity index (χ1v) is 7.62. The maximum absolute atomic E-state index is 4.60. The summed E-state index contributed by atoms with van der Waals surface area (Å²) < 4.78 is 1.96. The van der Waals surface area contributed by atoms with Crippen LogP contribution in [0.3, 0.4) is 0 Å². The Hall–Kier alpha value is -2.40. The fraction of sp³-hybridized carbons (Fsp3) is 0.294. The average molecular weight is 295 g/mol. The van der Waals surface area contributed by atoms with Gasteiger partial charge in [-0.15, -0.1) is 0 Å². The van der Waals surface area contributed by atoms with Crippen molar-refractivity contribution in [3.63, 3.8) is 0 Å². The van der Waals surface area contributed by atoms with Crippen molar-refractivity contribution in [1.29, 1.82) is 0 Å². The molecule has 0 aliphatic carbocycles. The molecule has 0 fully saturated rings. The molecule has 0 saturated carbocycles. The molecular weight excluding hydrogens is 274 g/mol. The van der Waals surface area contributed by atoms with Crippen molar-refractivity contribution in [2.45, 2.75) is 26.3 Å². The molecule has 5 nitrogen and oxygen atoms in total. The number of para-hydroxylation sites is 1. The van der Waals surface area contributed by atoms with Crippen LogP contribution < -0.4 is 5.32 Å². The average Bonchev–Trinajstić information content (AvgIpc) is 3.18. The normalized spacial score (nSPS) is 11.0. The van der Waals surface area contributed by atoms with Crippen LogP contribution in [0.25, 0.3) is 5.69 Å². The highest BCUT2D eigenvalue weighted by atomic mass is 15.3. The van der Waals surface area contributed by atoms with Gasteiger partial charge in [0, 0.05) is 18.6 Å². The number of rotatable bonds is 7. The minimum atomic E-state index is 0.787. The molecule has 3 aromatic rings. The number of aryl methyl sites for hydroxylation is 2. The molecule has 114 valence electrons. The molecule has 0 radical (unpaired) electrons. The molecule has 0 bridgehead atoms. The Bertz CT molecular complexity index is 685. The second-order valence-electron chi connectivity index (χ2n) is 5.34.